The summed E-state index contributed by atoms with van der Waals surface area (Å²) in [5.41, 5.74) is 7.55. The van der Waals surface area contributed by atoms with Crippen LogP contribution in [0.25, 0.3) is 22.1 Å². The molecular weight excluding hydrogens is 789 g/mol. The molecule has 0 bridgehead atoms. The van der Waals surface area contributed by atoms with Gasteiger partial charge in [-0.05, 0) is 106 Å². The Morgan fingerprint density at radius 3 is 1.60 bits per heavy atom. The first-order chi connectivity index (χ1) is 30.6. The van der Waals surface area contributed by atoms with Crippen LogP contribution in [-0.2, 0) is 13.1 Å². The highest BCUT2D eigenvalue weighted by molar-refractivity contribution is 5.97. The van der Waals surface area contributed by atoms with Gasteiger partial charge in [0.1, 0.15) is 11.5 Å². The van der Waals surface area contributed by atoms with Gasteiger partial charge in [-0.15, -0.1) is 0 Å². The van der Waals surface area contributed by atoms with Crippen molar-refractivity contribution in [1.29, 1.82) is 0 Å². The number of benzene rings is 4. The maximum Gasteiger partial charge on any atom is 0.257 e. The minimum atomic E-state index is 0.0158. The van der Waals surface area contributed by atoms with Gasteiger partial charge in [0.05, 0.1) is 60.1 Å². The molecule has 4 heterocycles. The lowest BCUT2D eigenvalue weighted by molar-refractivity contribution is 0.0595. The van der Waals surface area contributed by atoms with Gasteiger partial charge >= 0.3 is 0 Å². The molecule has 2 aliphatic heterocycles. The second kappa shape index (κ2) is 19.8. The largest absolute Gasteiger partial charge is 0.496 e. The summed E-state index contributed by atoms with van der Waals surface area (Å²) in [5, 5.41) is 0. The molecule has 3 aliphatic rings. The average Bonchev–Trinajstić information content (AvgIpc) is 4.17. The van der Waals surface area contributed by atoms with E-state index < -0.39 is 0 Å². The molecule has 0 radical (unpaired) electrons. The van der Waals surface area contributed by atoms with E-state index in [0.717, 1.165) is 84.7 Å². The van der Waals surface area contributed by atoms with Gasteiger partial charge in [0.2, 0.25) is 0 Å². The van der Waals surface area contributed by atoms with E-state index >= 15 is 0 Å². The number of methoxy groups -OCH3 is 2. The maximum atomic E-state index is 13.4. The highest BCUT2D eigenvalue weighted by Crippen LogP contribution is 2.30. The first-order valence-corrected chi connectivity index (χ1v) is 22.8. The summed E-state index contributed by atoms with van der Waals surface area (Å²) in [5.74, 6) is 1.32. The molecule has 1 saturated carbocycles. The number of likely N-dealkylation sites (N-methyl/N-ethyl adjacent to an activating group) is 1. The van der Waals surface area contributed by atoms with E-state index in [1.165, 1.54) is 25.7 Å². The monoisotopic (exact) mass is 853 g/mol. The zero-order valence-corrected chi connectivity index (χ0v) is 38.0. The van der Waals surface area contributed by atoms with E-state index in [1.54, 1.807) is 14.2 Å². The van der Waals surface area contributed by atoms with E-state index in [1.807, 2.05) is 109 Å². The Bertz CT molecular complexity index is 2500. The molecule has 2 amide bonds. The Morgan fingerprint density at radius 1 is 0.651 bits per heavy atom. The number of amides is 2. The highest BCUT2D eigenvalue weighted by Gasteiger charge is 2.32. The summed E-state index contributed by atoms with van der Waals surface area (Å²) in [6.07, 6.45) is 12.3. The van der Waals surface area contributed by atoms with Crippen LogP contribution in [0.1, 0.15) is 90.6 Å². The van der Waals surface area contributed by atoms with Gasteiger partial charge in [-0.25, -0.2) is 9.97 Å². The molecule has 2 aromatic heterocycles. The third-order valence-electron chi connectivity index (χ3n) is 13.8. The van der Waals surface area contributed by atoms with Gasteiger partial charge in [-0.2, -0.15) is 0 Å². The third-order valence-corrected chi connectivity index (χ3v) is 13.8. The molecular formula is C51H64N8O4. The summed E-state index contributed by atoms with van der Waals surface area (Å²) in [7, 11) is 7.12. The van der Waals surface area contributed by atoms with Crippen molar-refractivity contribution in [2.45, 2.75) is 96.1 Å². The van der Waals surface area contributed by atoms with E-state index in [4.69, 9.17) is 9.47 Å². The van der Waals surface area contributed by atoms with E-state index in [0.29, 0.717) is 41.8 Å². The van der Waals surface area contributed by atoms with Crippen molar-refractivity contribution in [1.82, 2.24) is 38.7 Å². The lowest BCUT2D eigenvalue weighted by Crippen LogP contribution is -2.48. The van der Waals surface area contributed by atoms with Crippen LogP contribution in [0.3, 0.4) is 0 Å². The first kappa shape index (κ1) is 43.9. The predicted molar refractivity (Wildman–Crippen MR) is 250 cm³/mol. The number of hydrogen-bond acceptors (Lipinski definition) is 8. The van der Waals surface area contributed by atoms with E-state index in [9.17, 15) is 9.59 Å². The first-order valence-electron chi connectivity index (χ1n) is 22.8. The number of piperidine rings is 1. The fourth-order valence-electron chi connectivity index (χ4n) is 9.86. The fourth-order valence-corrected chi connectivity index (χ4v) is 9.86. The van der Waals surface area contributed by atoms with Crippen molar-refractivity contribution in [3.63, 3.8) is 0 Å². The fraction of sp³-hybridized carbons (Fsp3) is 0.451. The minimum Gasteiger partial charge on any atom is -0.496 e. The molecule has 4 aromatic carbocycles. The van der Waals surface area contributed by atoms with Crippen LogP contribution in [0.15, 0.2) is 97.6 Å². The summed E-state index contributed by atoms with van der Waals surface area (Å²) in [6.45, 7) is 9.92. The molecule has 63 heavy (non-hydrogen) atoms. The Hall–Kier alpha value is -5.72. The van der Waals surface area contributed by atoms with Gasteiger partial charge in [-0.1, -0.05) is 49.2 Å². The second-order valence-corrected chi connectivity index (χ2v) is 17.9. The second-order valence-electron chi connectivity index (χ2n) is 17.9. The molecule has 3 fully saturated rings. The van der Waals surface area contributed by atoms with Crippen LogP contribution < -0.4 is 9.47 Å². The number of para-hydroxylation sites is 4. The molecule has 1 aliphatic carbocycles. The molecule has 332 valence electrons. The Morgan fingerprint density at radius 2 is 1.13 bits per heavy atom. The number of rotatable bonds is 12. The van der Waals surface area contributed by atoms with Crippen LogP contribution in [0, 0.1) is 0 Å². The maximum absolute atomic E-state index is 13.4. The smallest absolute Gasteiger partial charge is 0.257 e. The number of hydrogen-bond donors (Lipinski definition) is 0. The van der Waals surface area contributed by atoms with Gasteiger partial charge < -0.3 is 33.3 Å². The topological polar surface area (TPSA) is 101 Å². The van der Waals surface area contributed by atoms with Crippen molar-refractivity contribution in [3.8, 4) is 11.5 Å². The van der Waals surface area contributed by atoms with E-state index in [2.05, 4.69) is 54.9 Å². The Kier molecular flexibility index (Phi) is 13.8. The third kappa shape index (κ3) is 9.77. The molecule has 9 rings (SSSR count). The SMILES string of the molecule is COc1cc(Cn2cnc3ccccc32)ccc1C(=O)N(C)C1CCN(C2CCCC2)CC1.COc1cc(Cn2cnc3ccccc32)ccc1C(=O)N(C)[C@@H]1CCN(C(C)C)C1. The number of carbonyl (C=O) groups is 2. The average molecular weight is 853 g/mol. The van der Waals surface area contributed by atoms with Crippen LogP contribution in [0.5, 0.6) is 11.5 Å². The quantitative estimate of drug-likeness (QED) is 0.122. The number of ether oxygens (including phenoxy) is 2. The number of imidazole rings is 2. The van der Waals surface area contributed by atoms with Crippen LogP contribution in [0.2, 0.25) is 0 Å². The lowest BCUT2D eigenvalue weighted by Gasteiger charge is -2.39. The molecule has 2 saturated heterocycles. The number of aromatic nitrogens is 4. The zero-order chi connectivity index (χ0) is 44.0. The van der Waals surface area contributed by atoms with Gasteiger partial charge in [0.15, 0.2) is 0 Å². The number of nitrogens with zero attached hydrogens (tertiary/aromatic N) is 8. The molecule has 0 unspecified atom stereocenters. The van der Waals surface area contributed by atoms with Crippen molar-refractivity contribution in [3.05, 3.63) is 120 Å². The number of carbonyl (C=O) groups excluding carboxylic acids is 2. The van der Waals surface area contributed by atoms with Gasteiger partial charge in [-0.3, -0.25) is 14.5 Å². The summed E-state index contributed by atoms with van der Waals surface area (Å²) in [4.78, 5) is 44.4. The van der Waals surface area contributed by atoms with E-state index in [-0.39, 0.29) is 23.9 Å². The van der Waals surface area contributed by atoms with Crippen LogP contribution in [0.4, 0.5) is 0 Å². The van der Waals surface area contributed by atoms with Crippen molar-refractivity contribution in [2.24, 2.45) is 0 Å². The predicted octanol–water partition coefficient (Wildman–Crippen LogP) is 8.22. The molecule has 6 aromatic rings. The normalized spacial score (nSPS) is 17.6. The zero-order valence-electron chi connectivity index (χ0n) is 38.0. The van der Waals surface area contributed by atoms with Gasteiger partial charge in [0.25, 0.3) is 11.8 Å². The molecule has 1 atom stereocenters. The summed E-state index contributed by atoms with van der Waals surface area (Å²) >= 11 is 0. The Labute approximate surface area is 372 Å². The molecule has 0 N–H and O–H groups in total. The Balaban J connectivity index is 0.000000174. The standard InChI is InChI=1S/C27H34N4O2.C24H30N4O2/c1-29(21-13-15-30(16-14-21)22-7-3-4-8-22)27(32)23-12-11-20(17-26(23)33-2)18-31-19-28-24-9-5-6-10-25(24)31;1-17(2)27-12-11-19(15-27)26(3)24(29)20-10-9-18(13-23(20)30-4)14-28-16-25-21-7-5-6-8-22(21)28/h5-6,9-12,17,19,21-22H,3-4,7-8,13-16,18H2,1-2H3;5-10,13,16-17,19H,11-12,14-15H2,1-4H3/t;19-/m.1/s1. The van der Waals surface area contributed by atoms with Crippen molar-refractivity contribution >= 4 is 33.9 Å². The van der Waals surface area contributed by atoms with Crippen molar-refractivity contribution in [2.75, 3.05) is 54.5 Å². The molecule has 12 nitrogen and oxygen atoms in total. The van der Waals surface area contributed by atoms with Crippen LogP contribution >= 0.6 is 0 Å². The minimum absolute atomic E-state index is 0.0158. The summed E-state index contributed by atoms with van der Waals surface area (Å²) in [6, 6.07) is 29.8. The summed E-state index contributed by atoms with van der Waals surface area (Å²) < 4.78 is 15.5. The van der Waals surface area contributed by atoms with Crippen molar-refractivity contribution < 1.29 is 19.1 Å². The number of likely N-dealkylation sites (tertiary alicyclic amines) is 2. The molecule has 12 heteroatoms. The highest BCUT2D eigenvalue weighted by atomic mass is 16.5. The van der Waals surface area contributed by atoms with Crippen LogP contribution in [-0.4, -0.2) is 129 Å². The number of fused-ring (bicyclic) bond motifs is 2. The lowest BCUT2D eigenvalue weighted by atomic mass is 10.00. The molecule has 0 spiro atoms. The van der Waals surface area contributed by atoms with Gasteiger partial charge in [0, 0.05) is 77.5 Å².